The number of carbonyl (C=O) groups excluding carboxylic acids is 1. The lowest BCUT2D eigenvalue weighted by Crippen LogP contribution is -2.26. The number of anilines is 1. The molecule has 0 saturated heterocycles. The first-order valence-corrected chi connectivity index (χ1v) is 7.21. The molecule has 1 heterocycles. The molecule has 4 nitrogen and oxygen atoms in total. The maximum Gasteiger partial charge on any atom is 0.234 e. The predicted octanol–water partition coefficient (Wildman–Crippen LogP) is 3.01. The first kappa shape index (κ1) is 14.6. The summed E-state index contributed by atoms with van der Waals surface area (Å²) in [4.78, 5) is 12.0. The summed E-state index contributed by atoms with van der Waals surface area (Å²) in [7, 11) is 1.61. The minimum atomic E-state index is -0.734. The van der Waals surface area contributed by atoms with E-state index in [0.29, 0.717) is 0 Å². The molecule has 3 rings (SSSR count). The Morgan fingerprint density at radius 1 is 1.09 bits per heavy atom. The van der Waals surface area contributed by atoms with Crippen molar-refractivity contribution in [3.63, 3.8) is 0 Å². The van der Waals surface area contributed by atoms with Gasteiger partial charge in [-0.15, -0.1) is 0 Å². The molecular weight excluding hydrogens is 278 g/mol. The Hall–Kier alpha value is -2.33. The average Bonchev–Trinajstić information content (AvgIpc) is 2.76. The Kier molecular flexibility index (Phi) is 3.41. The van der Waals surface area contributed by atoms with Gasteiger partial charge in [0.25, 0.3) is 0 Å². The molecule has 0 radical (unpaired) electrons. The van der Waals surface area contributed by atoms with Crippen molar-refractivity contribution in [2.75, 3.05) is 12.4 Å². The maximum absolute atomic E-state index is 12.0. The van der Waals surface area contributed by atoms with E-state index in [4.69, 9.17) is 4.74 Å². The van der Waals surface area contributed by atoms with Gasteiger partial charge >= 0.3 is 0 Å². The second-order valence-corrected chi connectivity index (χ2v) is 6.06. The van der Waals surface area contributed by atoms with Crippen molar-refractivity contribution in [3.8, 4) is 5.75 Å². The Bertz CT molecular complexity index is 720. The number of benzene rings is 2. The highest BCUT2D eigenvalue weighted by atomic mass is 16.5. The zero-order valence-electron chi connectivity index (χ0n) is 12.9. The van der Waals surface area contributed by atoms with E-state index in [1.807, 2.05) is 56.3 Å². The van der Waals surface area contributed by atoms with Crippen LogP contribution in [-0.2, 0) is 10.2 Å². The van der Waals surface area contributed by atoms with Crippen LogP contribution in [0.25, 0.3) is 0 Å². The Balaban J connectivity index is 1.96. The van der Waals surface area contributed by atoms with Gasteiger partial charge in [-0.2, -0.15) is 0 Å². The molecule has 0 aromatic heterocycles. The van der Waals surface area contributed by atoms with E-state index in [2.05, 4.69) is 5.32 Å². The number of rotatable bonds is 3. The lowest BCUT2D eigenvalue weighted by atomic mass is 9.84. The minimum absolute atomic E-state index is 0.0152. The number of hydrogen-bond donors (Lipinski definition) is 2. The van der Waals surface area contributed by atoms with E-state index in [-0.39, 0.29) is 5.91 Å². The molecule has 1 aliphatic heterocycles. The molecule has 0 bridgehead atoms. The molecule has 0 aliphatic carbocycles. The van der Waals surface area contributed by atoms with Gasteiger partial charge in [0.05, 0.1) is 12.5 Å². The van der Waals surface area contributed by atoms with Crippen LogP contribution >= 0.6 is 0 Å². The number of fused-ring (bicyclic) bond motifs is 1. The van der Waals surface area contributed by atoms with Gasteiger partial charge < -0.3 is 15.2 Å². The number of aliphatic hydroxyl groups is 1. The summed E-state index contributed by atoms with van der Waals surface area (Å²) in [6.45, 7) is 3.77. The highest BCUT2D eigenvalue weighted by molar-refractivity contribution is 6.05. The second kappa shape index (κ2) is 5.14. The molecule has 0 fully saturated rings. The van der Waals surface area contributed by atoms with Crippen molar-refractivity contribution < 1.29 is 14.6 Å². The van der Waals surface area contributed by atoms with Crippen LogP contribution in [0.15, 0.2) is 42.5 Å². The van der Waals surface area contributed by atoms with Gasteiger partial charge in [0.15, 0.2) is 0 Å². The van der Waals surface area contributed by atoms with Crippen LogP contribution in [0.4, 0.5) is 5.69 Å². The molecule has 114 valence electrons. The molecule has 1 unspecified atom stereocenters. The minimum Gasteiger partial charge on any atom is -0.497 e. The number of hydrogen-bond acceptors (Lipinski definition) is 3. The lowest BCUT2D eigenvalue weighted by Gasteiger charge is -2.18. The fourth-order valence-electron chi connectivity index (χ4n) is 2.74. The molecule has 2 aromatic rings. The fraction of sp³-hybridized carbons (Fsp3) is 0.278. The quantitative estimate of drug-likeness (QED) is 0.915. The van der Waals surface area contributed by atoms with Gasteiger partial charge in [-0.1, -0.05) is 18.2 Å². The molecule has 2 N–H and O–H groups in total. The van der Waals surface area contributed by atoms with Crippen LogP contribution in [0.1, 0.15) is 36.6 Å². The van der Waals surface area contributed by atoms with Crippen LogP contribution in [-0.4, -0.2) is 18.1 Å². The summed E-state index contributed by atoms with van der Waals surface area (Å²) in [5.74, 6) is 0.736. The number of carbonyl (C=O) groups is 1. The third kappa shape index (κ3) is 2.25. The topological polar surface area (TPSA) is 58.6 Å². The standard InChI is InChI=1S/C18H19NO3/c1-18(2)14-10-12(6-9-15(14)19-17(18)21)16(20)11-4-7-13(22-3)8-5-11/h4-10,16,20H,1-3H3,(H,19,21). The summed E-state index contributed by atoms with van der Waals surface area (Å²) in [6, 6.07) is 12.9. The fourth-order valence-corrected chi connectivity index (χ4v) is 2.74. The second-order valence-electron chi connectivity index (χ2n) is 6.06. The number of methoxy groups -OCH3 is 1. The van der Waals surface area contributed by atoms with Crippen molar-refractivity contribution in [1.82, 2.24) is 0 Å². The Morgan fingerprint density at radius 2 is 1.73 bits per heavy atom. The van der Waals surface area contributed by atoms with E-state index in [0.717, 1.165) is 28.1 Å². The van der Waals surface area contributed by atoms with Gasteiger partial charge in [-0.3, -0.25) is 4.79 Å². The van der Waals surface area contributed by atoms with Gasteiger partial charge in [-0.05, 0) is 54.8 Å². The van der Waals surface area contributed by atoms with E-state index < -0.39 is 11.5 Å². The van der Waals surface area contributed by atoms with E-state index in [1.54, 1.807) is 7.11 Å². The molecule has 0 spiro atoms. The molecule has 22 heavy (non-hydrogen) atoms. The van der Waals surface area contributed by atoms with Crippen LogP contribution in [0.2, 0.25) is 0 Å². The summed E-state index contributed by atoms with van der Waals surface area (Å²) in [6.07, 6.45) is -0.734. The third-order valence-electron chi connectivity index (χ3n) is 4.28. The number of ether oxygens (including phenoxy) is 1. The van der Waals surface area contributed by atoms with Crippen molar-refractivity contribution in [3.05, 3.63) is 59.2 Å². The van der Waals surface area contributed by atoms with Gasteiger partial charge in [0.2, 0.25) is 5.91 Å². The van der Waals surface area contributed by atoms with E-state index in [1.165, 1.54) is 0 Å². The highest BCUT2D eigenvalue weighted by Crippen LogP contribution is 2.39. The zero-order chi connectivity index (χ0) is 15.9. The van der Waals surface area contributed by atoms with Crippen molar-refractivity contribution in [2.24, 2.45) is 0 Å². The number of aliphatic hydroxyl groups excluding tert-OH is 1. The maximum atomic E-state index is 12.0. The molecule has 4 heteroatoms. The lowest BCUT2D eigenvalue weighted by molar-refractivity contribution is -0.119. The summed E-state index contributed by atoms with van der Waals surface area (Å²) >= 11 is 0. The molecule has 2 aromatic carbocycles. The highest BCUT2D eigenvalue weighted by Gasteiger charge is 2.38. The molecular formula is C18H19NO3. The van der Waals surface area contributed by atoms with Gasteiger partial charge in [0, 0.05) is 5.69 Å². The Morgan fingerprint density at radius 3 is 2.36 bits per heavy atom. The van der Waals surface area contributed by atoms with Crippen molar-refractivity contribution in [2.45, 2.75) is 25.4 Å². The van der Waals surface area contributed by atoms with Crippen LogP contribution in [0.5, 0.6) is 5.75 Å². The van der Waals surface area contributed by atoms with Gasteiger partial charge in [0.1, 0.15) is 11.9 Å². The summed E-state index contributed by atoms with van der Waals surface area (Å²) < 4.78 is 5.13. The monoisotopic (exact) mass is 297 g/mol. The first-order chi connectivity index (χ1) is 10.4. The number of nitrogens with one attached hydrogen (secondary N) is 1. The number of amides is 1. The van der Waals surface area contributed by atoms with Gasteiger partial charge in [-0.25, -0.2) is 0 Å². The average molecular weight is 297 g/mol. The van der Waals surface area contributed by atoms with Crippen molar-refractivity contribution in [1.29, 1.82) is 0 Å². The smallest absolute Gasteiger partial charge is 0.234 e. The SMILES string of the molecule is COc1ccc(C(O)c2ccc3c(c2)C(C)(C)C(=O)N3)cc1. The molecule has 1 amide bonds. The van der Waals surface area contributed by atoms with Crippen LogP contribution < -0.4 is 10.1 Å². The summed E-state index contributed by atoms with van der Waals surface area (Å²) in [5, 5.41) is 13.4. The summed E-state index contributed by atoms with van der Waals surface area (Å²) in [5.41, 5.74) is 2.72. The largest absolute Gasteiger partial charge is 0.497 e. The van der Waals surface area contributed by atoms with Crippen molar-refractivity contribution >= 4 is 11.6 Å². The van der Waals surface area contributed by atoms with E-state index in [9.17, 15) is 9.90 Å². The third-order valence-corrected chi connectivity index (χ3v) is 4.28. The predicted molar refractivity (Wildman–Crippen MR) is 85.2 cm³/mol. The van der Waals surface area contributed by atoms with Crippen LogP contribution in [0.3, 0.4) is 0 Å². The van der Waals surface area contributed by atoms with E-state index >= 15 is 0 Å². The van der Waals surface area contributed by atoms with Crippen LogP contribution in [0, 0.1) is 0 Å². The Labute approximate surface area is 129 Å². The molecule has 0 saturated carbocycles. The first-order valence-electron chi connectivity index (χ1n) is 7.21. The normalized spacial score (nSPS) is 16.8. The molecule has 1 aliphatic rings. The zero-order valence-corrected chi connectivity index (χ0v) is 12.9. The molecule has 1 atom stereocenters.